The minimum absolute atomic E-state index is 0.186. The molecule has 0 unspecified atom stereocenters. The Morgan fingerprint density at radius 2 is 2.35 bits per heavy atom. The van der Waals surface area contributed by atoms with Crippen molar-refractivity contribution in [3.8, 4) is 0 Å². The molecule has 0 bridgehead atoms. The number of halogens is 1. The summed E-state index contributed by atoms with van der Waals surface area (Å²) in [6.45, 7) is 3.37. The zero-order valence-corrected chi connectivity index (χ0v) is 14.1. The Morgan fingerprint density at radius 1 is 1.55 bits per heavy atom. The van der Waals surface area contributed by atoms with Gasteiger partial charge in [-0.1, -0.05) is 18.3 Å². The Labute approximate surface area is 133 Å². The number of amides is 1. The summed E-state index contributed by atoms with van der Waals surface area (Å²) in [6.07, 6.45) is 0.994. The van der Waals surface area contributed by atoms with E-state index in [0.717, 1.165) is 22.3 Å². The summed E-state index contributed by atoms with van der Waals surface area (Å²) in [7, 11) is 0. The summed E-state index contributed by atoms with van der Waals surface area (Å²) in [5.74, 6) is 0.0903. The quantitative estimate of drug-likeness (QED) is 0.724. The normalized spacial score (nSPS) is 10.5. The summed E-state index contributed by atoms with van der Waals surface area (Å²) < 4.78 is 1.02. The maximum atomic E-state index is 12.1. The third-order valence-corrected chi connectivity index (χ3v) is 5.16. The number of nitrogens with one attached hydrogen (secondary N) is 2. The van der Waals surface area contributed by atoms with Crippen LogP contribution in [0.3, 0.4) is 0 Å². The number of aromatic nitrogens is 1. The third kappa shape index (κ3) is 3.94. The lowest BCUT2D eigenvalue weighted by atomic mass is 10.4. The highest BCUT2D eigenvalue weighted by atomic mass is 79.9. The van der Waals surface area contributed by atoms with Crippen LogP contribution in [0.2, 0.25) is 0 Å². The number of carbonyl (C=O) groups excluding carboxylic acids is 1. The number of nitrogen functional groups attached to an aromatic ring is 1. The highest BCUT2D eigenvalue weighted by molar-refractivity contribution is 9.10. The van der Waals surface area contributed by atoms with Gasteiger partial charge in [0, 0.05) is 21.3 Å². The van der Waals surface area contributed by atoms with Gasteiger partial charge in [-0.3, -0.25) is 4.79 Å². The summed E-state index contributed by atoms with van der Waals surface area (Å²) in [5.41, 5.74) is 5.78. The molecule has 5 nitrogen and oxygen atoms in total. The molecule has 4 N–H and O–H groups in total. The fourth-order valence-electron chi connectivity index (χ4n) is 1.50. The molecule has 0 aliphatic heterocycles. The number of carbonyl (C=O) groups is 1. The van der Waals surface area contributed by atoms with Crippen LogP contribution in [-0.4, -0.2) is 17.4 Å². The molecule has 0 aromatic carbocycles. The molecule has 2 heterocycles. The highest BCUT2D eigenvalue weighted by Gasteiger charge is 2.15. The molecule has 0 saturated heterocycles. The van der Waals surface area contributed by atoms with Crippen LogP contribution in [-0.2, 0) is 6.54 Å². The molecule has 0 radical (unpaired) electrons. The molecular formula is C12H15BrN4OS2. The molecule has 0 fully saturated rings. The number of thiophene rings is 1. The van der Waals surface area contributed by atoms with Crippen LogP contribution in [0.1, 0.15) is 27.9 Å². The topological polar surface area (TPSA) is 80.0 Å². The first-order valence-corrected chi connectivity index (χ1v) is 8.60. The lowest BCUT2D eigenvalue weighted by Crippen LogP contribution is -2.22. The molecule has 0 aliphatic rings. The SMILES string of the molecule is CCCNc1nc(N)c(C(=O)NCc2cc(Br)cs2)s1. The van der Waals surface area contributed by atoms with Crippen molar-refractivity contribution in [1.82, 2.24) is 10.3 Å². The molecule has 2 aromatic heterocycles. The lowest BCUT2D eigenvalue weighted by Gasteiger charge is -2.01. The van der Waals surface area contributed by atoms with Crippen LogP contribution in [0, 0.1) is 0 Å². The van der Waals surface area contributed by atoms with Gasteiger partial charge in [0.25, 0.3) is 5.91 Å². The van der Waals surface area contributed by atoms with E-state index in [-0.39, 0.29) is 11.7 Å². The van der Waals surface area contributed by atoms with E-state index in [4.69, 9.17) is 5.73 Å². The van der Waals surface area contributed by atoms with Gasteiger partial charge in [-0.15, -0.1) is 11.3 Å². The van der Waals surface area contributed by atoms with E-state index in [1.165, 1.54) is 11.3 Å². The molecule has 2 rings (SSSR count). The van der Waals surface area contributed by atoms with Gasteiger partial charge in [-0.05, 0) is 28.4 Å². The lowest BCUT2D eigenvalue weighted by molar-refractivity contribution is 0.0956. The van der Waals surface area contributed by atoms with Gasteiger partial charge in [0.15, 0.2) is 5.13 Å². The number of nitrogens with two attached hydrogens (primary N) is 1. The maximum absolute atomic E-state index is 12.1. The van der Waals surface area contributed by atoms with Crippen molar-refractivity contribution < 1.29 is 4.79 Å². The minimum atomic E-state index is -0.186. The second-order valence-corrected chi connectivity index (χ2v) is 6.98. The van der Waals surface area contributed by atoms with Gasteiger partial charge in [0.05, 0.1) is 6.54 Å². The first kappa shape index (κ1) is 15.3. The average molecular weight is 375 g/mol. The van der Waals surface area contributed by atoms with Crippen LogP contribution in [0.15, 0.2) is 15.9 Å². The van der Waals surface area contributed by atoms with E-state index in [2.05, 4.69) is 38.5 Å². The summed E-state index contributed by atoms with van der Waals surface area (Å²) >= 11 is 6.26. The Hall–Kier alpha value is -1.12. The molecule has 2 aromatic rings. The first-order chi connectivity index (χ1) is 9.60. The number of hydrogen-bond donors (Lipinski definition) is 3. The molecule has 0 saturated carbocycles. The molecule has 0 aliphatic carbocycles. The predicted octanol–water partition coefficient (Wildman–Crippen LogP) is 3.30. The second kappa shape index (κ2) is 7.05. The number of hydrogen-bond acceptors (Lipinski definition) is 6. The molecule has 1 amide bonds. The Bertz CT molecular complexity index is 596. The maximum Gasteiger partial charge on any atom is 0.265 e. The number of rotatable bonds is 6. The molecule has 0 spiro atoms. The zero-order valence-electron chi connectivity index (χ0n) is 10.9. The van der Waals surface area contributed by atoms with E-state index >= 15 is 0 Å². The van der Waals surface area contributed by atoms with E-state index in [0.29, 0.717) is 16.6 Å². The fourth-order valence-corrected chi connectivity index (χ4v) is 3.71. The van der Waals surface area contributed by atoms with Gasteiger partial charge in [-0.2, -0.15) is 0 Å². The largest absolute Gasteiger partial charge is 0.382 e. The van der Waals surface area contributed by atoms with Crippen LogP contribution >= 0.6 is 38.6 Å². The predicted molar refractivity (Wildman–Crippen MR) is 88.5 cm³/mol. The van der Waals surface area contributed by atoms with E-state index < -0.39 is 0 Å². The molecule has 108 valence electrons. The van der Waals surface area contributed by atoms with Gasteiger partial charge in [-0.25, -0.2) is 4.98 Å². The van der Waals surface area contributed by atoms with Crippen molar-refractivity contribution in [2.75, 3.05) is 17.6 Å². The minimum Gasteiger partial charge on any atom is -0.382 e. The number of anilines is 2. The zero-order chi connectivity index (χ0) is 14.5. The van der Waals surface area contributed by atoms with Crippen LogP contribution in [0.5, 0.6) is 0 Å². The van der Waals surface area contributed by atoms with Gasteiger partial charge >= 0.3 is 0 Å². The van der Waals surface area contributed by atoms with Crippen molar-refractivity contribution >= 4 is 55.5 Å². The third-order valence-electron chi connectivity index (χ3n) is 2.43. The van der Waals surface area contributed by atoms with Gasteiger partial charge in [0.1, 0.15) is 10.7 Å². The second-order valence-electron chi connectivity index (χ2n) is 4.07. The first-order valence-electron chi connectivity index (χ1n) is 6.11. The average Bonchev–Trinajstić information content (AvgIpc) is 3.00. The van der Waals surface area contributed by atoms with Crippen molar-refractivity contribution in [2.24, 2.45) is 0 Å². The molecule has 8 heteroatoms. The Balaban J connectivity index is 1.96. The van der Waals surface area contributed by atoms with Crippen molar-refractivity contribution in [2.45, 2.75) is 19.9 Å². The molecular weight excluding hydrogens is 360 g/mol. The van der Waals surface area contributed by atoms with Crippen LogP contribution < -0.4 is 16.4 Å². The summed E-state index contributed by atoms with van der Waals surface area (Å²) in [6, 6.07) is 1.98. The fraction of sp³-hybridized carbons (Fsp3) is 0.333. The van der Waals surface area contributed by atoms with Crippen molar-refractivity contribution in [1.29, 1.82) is 0 Å². The van der Waals surface area contributed by atoms with Crippen molar-refractivity contribution in [3.63, 3.8) is 0 Å². The summed E-state index contributed by atoms with van der Waals surface area (Å²) in [5, 5.41) is 8.65. The van der Waals surface area contributed by atoms with Crippen molar-refractivity contribution in [3.05, 3.63) is 25.7 Å². The number of thiazole rings is 1. The Morgan fingerprint density at radius 3 is 3.00 bits per heavy atom. The highest BCUT2D eigenvalue weighted by Crippen LogP contribution is 2.25. The smallest absolute Gasteiger partial charge is 0.265 e. The van der Waals surface area contributed by atoms with E-state index in [9.17, 15) is 4.79 Å². The van der Waals surface area contributed by atoms with Crippen LogP contribution in [0.4, 0.5) is 10.9 Å². The Kier molecular flexibility index (Phi) is 5.38. The number of nitrogens with zero attached hydrogens (tertiary/aromatic N) is 1. The van der Waals surface area contributed by atoms with E-state index in [1.807, 2.05) is 11.4 Å². The standard InChI is InChI=1S/C12H15BrN4OS2/c1-2-3-15-12-17-10(14)9(20-12)11(18)16-5-8-4-7(13)6-19-8/h4,6H,2-3,5,14H2,1H3,(H,15,17)(H,16,18). The van der Waals surface area contributed by atoms with Gasteiger partial charge in [0.2, 0.25) is 0 Å². The molecule has 20 heavy (non-hydrogen) atoms. The van der Waals surface area contributed by atoms with Gasteiger partial charge < -0.3 is 16.4 Å². The van der Waals surface area contributed by atoms with Crippen LogP contribution in [0.25, 0.3) is 0 Å². The van der Waals surface area contributed by atoms with E-state index in [1.54, 1.807) is 11.3 Å². The monoisotopic (exact) mass is 374 g/mol. The molecule has 0 atom stereocenters. The summed E-state index contributed by atoms with van der Waals surface area (Å²) in [4.78, 5) is 17.8.